The molecule has 1 unspecified atom stereocenters. The smallest absolute Gasteiger partial charge is 0.0646 e. The van der Waals surface area contributed by atoms with Crippen LogP contribution >= 0.6 is 0 Å². The highest BCUT2D eigenvalue weighted by Gasteiger charge is 2.18. The molecular weight excluding hydrogens is 254 g/mol. The van der Waals surface area contributed by atoms with Crippen molar-refractivity contribution < 1.29 is 0 Å². The van der Waals surface area contributed by atoms with E-state index in [2.05, 4.69) is 75.4 Å². The Labute approximate surface area is 127 Å². The number of aryl methyl sites for hydroxylation is 2. The minimum atomic E-state index is 0.415. The molecule has 21 heavy (non-hydrogen) atoms. The Morgan fingerprint density at radius 1 is 0.905 bits per heavy atom. The van der Waals surface area contributed by atoms with Gasteiger partial charge in [0, 0.05) is 5.92 Å². The third-order valence-electron chi connectivity index (χ3n) is 4.12. The zero-order valence-electron chi connectivity index (χ0n) is 12.9. The maximum atomic E-state index is 4.82. The van der Waals surface area contributed by atoms with Gasteiger partial charge in [-0.3, -0.25) is 4.99 Å². The molecule has 0 aliphatic carbocycles. The highest BCUT2D eigenvalue weighted by atomic mass is 14.8. The molecule has 0 radical (unpaired) electrons. The van der Waals surface area contributed by atoms with Crippen LogP contribution in [-0.4, -0.2) is 12.3 Å². The SMILES string of the molecule is CC1=CC(c2cccc(C)c2)=NCC1c1cccc(C)c1. The van der Waals surface area contributed by atoms with Crippen molar-refractivity contribution in [3.63, 3.8) is 0 Å². The Hall–Kier alpha value is -2.15. The van der Waals surface area contributed by atoms with E-state index in [0.29, 0.717) is 5.92 Å². The van der Waals surface area contributed by atoms with Crippen molar-refractivity contribution in [2.45, 2.75) is 26.7 Å². The molecule has 1 atom stereocenters. The summed E-state index contributed by atoms with van der Waals surface area (Å²) >= 11 is 0. The first-order valence-electron chi connectivity index (χ1n) is 7.50. The van der Waals surface area contributed by atoms with Crippen LogP contribution in [-0.2, 0) is 0 Å². The van der Waals surface area contributed by atoms with Crippen molar-refractivity contribution in [3.05, 3.63) is 82.4 Å². The van der Waals surface area contributed by atoms with Crippen LogP contribution < -0.4 is 0 Å². The number of nitrogens with zero attached hydrogens (tertiary/aromatic N) is 1. The van der Waals surface area contributed by atoms with Crippen LogP contribution in [0.2, 0.25) is 0 Å². The van der Waals surface area contributed by atoms with Crippen molar-refractivity contribution in [2.75, 3.05) is 6.54 Å². The summed E-state index contributed by atoms with van der Waals surface area (Å²) in [5.41, 5.74) is 7.69. The van der Waals surface area contributed by atoms with Gasteiger partial charge >= 0.3 is 0 Å². The Morgan fingerprint density at radius 3 is 2.29 bits per heavy atom. The van der Waals surface area contributed by atoms with Crippen LogP contribution in [0.1, 0.15) is 35.1 Å². The fourth-order valence-corrected chi connectivity index (χ4v) is 2.93. The molecule has 0 amide bonds. The van der Waals surface area contributed by atoms with Gasteiger partial charge in [-0.05, 0) is 44.0 Å². The van der Waals surface area contributed by atoms with Gasteiger partial charge < -0.3 is 0 Å². The Balaban J connectivity index is 1.89. The number of dihydropyridines is 1. The van der Waals surface area contributed by atoms with E-state index >= 15 is 0 Å². The monoisotopic (exact) mass is 275 g/mol. The number of hydrogen-bond donors (Lipinski definition) is 0. The second kappa shape index (κ2) is 5.69. The lowest BCUT2D eigenvalue weighted by molar-refractivity contribution is 0.790. The predicted molar refractivity (Wildman–Crippen MR) is 90.3 cm³/mol. The third kappa shape index (κ3) is 2.97. The first-order chi connectivity index (χ1) is 10.1. The molecule has 0 N–H and O–H groups in total. The van der Waals surface area contributed by atoms with Gasteiger partial charge in [0.15, 0.2) is 0 Å². The maximum Gasteiger partial charge on any atom is 0.0646 e. The molecule has 0 saturated carbocycles. The van der Waals surface area contributed by atoms with Crippen LogP contribution in [0, 0.1) is 13.8 Å². The lowest BCUT2D eigenvalue weighted by atomic mass is 9.87. The molecule has 0 aromatic heterocycles. The topological polar surface area (TPSA) is 12.4 Å². The Morgan fingerprint density at radius 2 is 1.62 bits per heavy atom. The minimum Gasteiger partial charge on any atom is -0.284 e. The zero-order chi connectivity index (χ0) is 14.8. The molecule has 3 rings (SSSR count). The summed E-state index contributed by atoms with van der Waals surface area (Å²) in [4.78, 5) is 4.82. The summed E-state index contributed by atoms with van der Waals surface area (Å²) in [6.07, 6.45) is 2.24. The van der Waals surface area contributed by atoms with Gasteiger partial charge in [-0.1, -0.05) is 59.2 Å². The quantitative estimate of drug-likeness (QED) is 0.744. The van der Waals surface area contributed by atoms with E-state index in [1.165, 1.54) is 27.8 Å². The molecule has 2 aromatic rings. The molecule has 1 aliphatic heterocycles. The molecule has 0 spiro atoms. The molecule has 0 fully saturated rings. The lowest BCUT2D eigenvalue weighted by Crippen LogP contribution is -2.14. The first kappa shape index (κ1) is 13.8. The highest BCUT2D eigenvalue weighted by Crippen LogP contribution is 2.29. The summed E-state index contributed by atoms with van der Waals surface area (Å²) in [6.45, 7) is 7.33. The van der Waals surface area contributed by atoms with Crippen LogP contribution in [0.5, 0.6) is 0 Å². The molecule has 1 aliphatic rings. The maximum absolute atomic E-state index is 4.82. The average Bonchev–Trinajstić information content (AvgIpc) is 2.47. The molecule has 106 valence electrons. The van der Waals surface area contributed by atoms with E-state index in [-0.39, 0.29) is 0 Å². The number of hydrogen-bond acceptors (Lipinski definition) is 1. The standard InChI is InChI=1S/C20H21N/c1-14-6-4-8-17(10-14)19-13-21-20(12-16(19)3)18-9-5-7-15(2)11-18/h4-12,19H,13H2,1-3H3. The van der Waals surface area contributed by atoms with Crippen molar-refractivity contribution in [2.24, 2.45) is 4.99 Å². The highest BCUT2D eigenvalue weighted by molar-refractivity contribution is 6.09. The first-order valence-corrected chi connectivity index (χ1v) is 7.50. The summed E-state index contributed by atoms with van der Waals surface area (Å²) in [7, 11) is 0. The lowest BCUT2D eigenvalue weighted by Gasteiger charge is -2.22. The number of aliphatic imine (C=N–C) groups is 1. The minimum absolute atomic E-state index is 0.415. The van der Waals surface area contributed by atoms with Gasteiger partial charge in [0.1, 0.15) is 0 Å². The van der Waals surface area contributed by atoms with E-state index in [1.54, 1.807) is 0 Å². The van der Waals surface area contributed by atoms with Crippen LogP contribution in [0.4, 0.5) is 0 Å². The van der Waals surface area contributed by atoms with Gasteiger partial charge in [-0.25, -0.2) is 0 Å². The molecule has 0 bridgehead atoms. The van der Waals surface area contributed by atoms with E-state index in [9.17, 15) is 0 Å². The third-order valence-corrected chi connectivity index (χ3v) is 4.12. The number of allylic oxidation sites excluding steroid dienone is 1. The fourth-order valence-electron chi connectivity index (χ4n) is 2.93. The van der Waals surface area contributed by atoms with Crippen molar-refractivity contribution in [1.29, 1.82) is 0 Å². The normalized spacial score (nSPS) is 18.1. The molecule has 1 heteroatoms. The van der Waals surface area contributed by atoms with Crippen molar-refractivity contribution in [1.82, 2.24) is 0 Å². The Bertz CT molecular complexity index is 722. The largest absolute Gasteiger partial charge is 0.284 e. The zero-order valence-corrected chi connectivity index (χ0v) is 12.9. The number of rotatable bonds is 2. The van der Waals surface area contributed by atoms with Crippen LogP contribution in [0.15, 0.2) is 65.2 Å². The molecule has 0 saturated heterocycles. The summed E-state index contributed by atoms with van der Waals surface area (Å²) in [5.74, 6) is 0.415. The Kier molecular flexibility index (Phi) is 3.74. The molecule has 1 heterocycles. The molecule has 1 nitrogen and oxygen atoms in total. The average molecular weight is 275 g/mol. The van der Waals surface area contributed by atoms with Crippen LogP contribution in [0.3, 0.4) is 0 Å². The molecular formula is C20H21N. The van der Waals surface area contributed by atoms with E-state index in [0.717, 1.165) is 12.3 Å². The fraction of sp³-hybridized carbons (Fsp3) is 0.250. The predicted octanol–water partition coefficient (Wildman–Crippen LogP) is 4.84. The summed E-state index contributed by atoms with van der Waals surface area (Å²) in [6, 6.07) is 17.3. The molecule has 2 aromatic carbocycles. The van der Waals surface area contributed by atoms with Crippen molar-refractivity contribution in [3.8, 4) is 0 Å². The number of benzene rings is 2. The van der Waals surface area contributed by atoms with E-state index in [4.69, 9.17) is 4.99 Å². The van der Waals surface area contributed by atoms with Gasteiger partial charge in [0.25, 0.3) is 0 Å². The van der Waals surface area contributed by atoms with Gasteiger partial charge in [0.2, 0.25) is 0 Å². The van der Waals surface area contributed by atoms with E-state index < -0.39 is 0 Å². The summed E-state index contributed by atoms with van der Waals surface area (Å²) in [5, 5.41) is 0. The van der Waals surface area contributed by atoms with Gasteiger partial charge in [-0.15, -0.1) is 0 Å². The van der Waals surface area contributed by atoms with Crippen molar-refractivity contribution >= 4 is 5.71 Å². The van der Waals surface area contributed by atoms with Gasteiger partial charge in [-0.2, -0.15) is 0 Å². The van der Waals surface area contributed by atoms with E-state index in [1.807, 2.05) is 0 Å². The second-order valence-corrected chi connectivity index (χ2v) is 5.95. The van der Waals surface area contributed by atoms with Crippen LogP contribution in [0.25, 0.3) is 0 Å². The summed E-state index contributed by atoms with van der Waals surface area (Å²) < 4.78 is 0. The second-order valence-electron chi connectivity index (χ2n) is 5.95. The van der Waals surface area contributed by atoms with Gasteiger partial charge in [0.05, 0.1) is 12.3 Å².